The minimum absolute atomic E-state index is 0.0644. The van der Waals surface area contributed by atoms with Gasteiger partial charge in [0, 0.05) is 58.9 Å². The Morgan fingerprint density at radius 1 is 1.04 bits per heavy atom. The van der Waals surface area contributed by atoms with Crippen LogP contribution in [0.1, 0.15) is 66.4 Å². The third-order valence-corrected chi connectivity index (χ3v) is 9.04. The van der Waals surface area contributed by atoms with E-state index >= 15 is 0 Å². The number of nitrogens with two attached hydrogens (primary N) is 2. The molecule has 46 heavy (non-hydrogen) atoms. The summed E-state index contributed by atoms with van der Waals surface area (Å²) in [7, 11) is 0. The molecule has 2 aliphatic heterocycles. The molecule has 4 heterocycles. The summed E-state index contributed by atoms with van der Waals surface area (Å²) in [4.78, 5) is 55.3. The van der Waals surface area contributed by atoms with E-state index in [4.69, 9.17) is 15.3 Å². The van der Waals surface area contributed by atoms with E-state index in [2.05, 4.69) is 22.1 Å². The number of carbonyl (C=O) groups excluding carboxylic acids is 3. The molecule has 1 saturated heterocycles. The number of carboxylic acid groups (broad SMARTS) is 1. The van der Waals surface area contributed by atoms with Gasteiger partial charge in [-0.2, -0.15) is 0 Å². The summed E-state index contributed by atoms with van der Waals surface area (Å²) in [6, 6.07) is 12.5. The zero-order valence-corrected chi connectivity index (χ0v) is 26.4. The van der Waals surface area contributed by atoms with Gasteiger partial charge in [-0.05, 0) is 84.7 Å². The Labute approximate surface area is 270 Å². The van der Waals surface area contributed by atoms with E-state index in [1.54, 1.807) is 34.4 Å². The SMILES string of the molecule is Cc1cc(CN)cc(C)c1NC(=O)c1cc2c(cc1-c1ccc(C(=O)N3CCCC3)nc1C(=O)O)OCCc1ccsc1-2.NC=O. The maximum atomic E-state index is 14.1. The van der Waals surface area contributed by atoms with Crippen LogP contribution in [-0.2, 0) is 17.8 Å². The number of anilines is 1. The van der Waals surface area contributed by atoms with Crippen LogP contribution in [0.2, 0.25) is 0 Å². The van der Waals surface area contributed by atoms with Gasteiger partial charge in [-0.3, -0.25) is 14.4 Å². The van der Waals surface area contributed by atoms with Gasteiger partial charge in [0.25, 0.3) is 11.8 Å². The molecule has 0 radical (unpaired) electrons. The average Bonchev–Trinajstić information content (AvgIpc) is 3.72. The molecule has 2 aromatic heterocycles. The fraction of sp³-hybridized carbons (Fsp3) is 0.265. The number of amides is 3. The molecule has 2 aromatic carbocycles. The van der Waals surface area contributed by atoms with Gasteiger partial charge in [0.1, 0.15) is 11.4 Å². The van der Waals surface area contributed by atoms with Gasteiger partial charge in [0.05, 0.1) is 6.61 Å². The number of benzene rings is 2. The smallest absolute Gasteiger partial charge is 0.355 e. The van der Waals surface area contributed by atoms with E-state index < -0.39 is 11.9 Å². The highest BCUT2D eigenvalue weighted by atomic mass is 32.1. The summed E-state index contributed by atoms with van der Waals surface area (Å²) < 4.78 is 6.13. The number of carboxylic acids is 1. The molecule has 2 aliphatic rings. The molecule has 11 nitrogen and oxygen atoms in total. The second-order valence-electron chi connectivity index (χ2n) is 11.1. The normalized spacial score (nSPS) is 13.3. The van der Waals surface area contributed by atoms with Gasteiger partial charge in [-0.15, -0.1) is 11.3 Å². The summed E-state index contributed by atoms with van der Waals surface area (Å²) in [6.07, 6.45) is 2.78. The molecule has 6 rings (SSSR count). The van der Waals surface area contributed by atoms with Crippen LogP contribution in [-0.4, -0.2) is 58.9 Å². The van der Waals surface area contributed by atoms with Crippen LogP contribution in [0.25, 0.3) is 21.6 Å². The number of likely N-dealkylation sites (tertiary alicyclic amines) is 1. The number of aryl methyl sites for hydroxylation is 2. The van der Waals surface area contributed by atoms with Crippen LogP contribution >= 0.6 is 11.3 Å². The molecule has 0 unspecified atom stereocenters. The number of thiophene rings is 1. The van der Waals surface area contributed by atoms with E-state index in [0.29, 0.717) is 49.7 Å². The maximum Gasteiger partial charge on any atom is 0.355 e. The number of rotatable bonds is 6. The van der Waals surface area contributed by atoms with Crippen LogP contribution in [0, 0.1) is 13.8 Å². The number of aromatic carboxylic acids is 1. The first-order valence-corrected chi connectivity index (χ1v) is 15.7. The van der Waals surface area contributed by atoms with Crippen molar-refractivity contribution in [3.05, 3.63) is 87.0 Å². The minimum atomic E-state index is -1.29. The zero-order chi connectivity index (χ0) is 33.0. The molecule has 4 aromatic rings. The molecule has 12 heteroatoms. The topological polar surface area (TPSA) is 178 Å². The zero-order valence-electron chi connectivity index (χ0n) is 25.6. The van der Waals surface area contributed by atoms with Crippen molar-refractivity contribution in [2.24, 2.45) is 11.5 Å². The molecule has 6 N–H and O–H groups in total. The highest BCUT2D eigenvalue weighted by Crippen LogP contribution is 2.43. The Hall–Kier alpha value is -5.07. The van der Waals surface area contributed by atoms with Crippen molar-refractivity contribution >= 4 is 41.2 Å². The fourth-order valence-electron chi connectivity index (χ4n) is 5.92. The van der Waals surface area contributed by atoms with E-state index in [-0.39, 0.29) is 34.8 Å². The molecular weight excluding hydrogens is 606 g/mol. The Bertz CT molecular complexity index is 1810. The van der Waals surface area contributed by atoms with Crippen LogP contribution in [0.5, 0.6) is 5.75 Å². The van der Waals surface area contributed by atoms with Gasteiger partial charge in [-0.1, -0.05) is 12.1 Å². The molecule has 0 atom stereocenters. The van der Waals surface area contributed by atoms with Gasteiger partial charge < -0.3 is 31.5 Å². The van der Waals surface area contributed by atoms with Crippen molar-refractivity contribution < 1.29 is 29.0 Å². The number of pyridine rings is 1. The number of nitrogens with one attached hydrogen (secondary N) is 1. The lowest BCUT2D eigenvalue weighted by Gasteiger charge is -2.19. The first kappa shape index (κ1) is 32.3. The number of primary amides is 1. The third kappa shape index (κ3) is 6.49. The molecular formula is C34H35N5O6S. The molecule has 0 spiro atoms. The number of fused-ring (bicyclic) bond motifs is 3. The van der Waals surface area contributed by atoms with Crippen molar-refractivity contribution in [3.8, 4) is 27.3 Å². The Balaban J connectivity index is 0.00000134. The van der Waals surface area contributed by atoms with Gasteiger partial charge in [-0.25, -0.2) is 9.78 Å². The van der Waals surface area contributed by atoms with Crippen LogP contribution < -0.4 is 21.5 Å². The minimum Gasteiger partial charge on any atom is -0.493 e. The van der Waals surface area contributed by atoms with E-state index in [0.717, 1.165) is 45.5 Å². The Kier molecular flexibility index (Phi) is 9.78. The first-order chi connectivity index (χ1) is 22.2. The van der Waals surface area contributed by atoms with E-state index in [9.17, 15) is 19.5 Å². The van der Waals surface area contributed by atoms with Crippen molar-refractivity contribution in [2.45, 2.75) is 39.7 Å². The summed E-state index contributed by atoms with van der Waals surface area (Å²) >= 11 is 1.57. The number of aromatic nitrogens is 1. The van der Waals surface area contributed by atoms with Crippen molar-refractivity contribution in [3.63, 3.8) is 0 Å². The number of hydrogen-bond donors (Lipinski definition) is 4. The average molecular weight is 642 g/mol. The predicted molar refractivity (Wildman–Crippen MR) is 176 cm³/mol. The molecule has 0 bridgehead atoms. The second-order valence-corrected chi connectivity index (χ2v) is 12.0. The number of ether oxygens (including phenoxy) is 1. The Morgan fingerprint density at radius 3 is 2.39 bits per heavy atom. The lowest BCUT2D eigenvalue weighted by molar-refractivity contribution is -0.106. The molecule has 238 valence electrons. The molecule has 0 aliphatic carbocycles. The van der Waals surface area contributed by atoms with Crippen LogP contribution in [0.3, 0.4) is 0 Å². The fourth-order valence-corrected chi connectivity index (χ4v) is 6.89. The molecule has 0 saturated carbocycles. The number of carbonyl (C=O) groups is 4. The predicted octanol–water partition coefficient (Wildman–Crippen LogP) is 4.78. The van der Waals surface area contributed by atoms with Crippen LogP contribution in [0.4, 0.5) is 5.69 Å². The number of nitrogens with zero attached hydrogens (tertiary/aromatic N) is 2. The van der Waals surface area contributed by atoms with Crippen molar-refractivity contribution in [2.75, 3.05) is 25.0 Å². The largest absolute Gasteiger partial charge is 0.493 e. The highest BCUT2D eigenvalue weighted by Gasteiger charge is 2.28. The first-order valence-electron chi connectivity index (χ1n) is 14.8. The highest BCUT2D eigenvalue weighted by molar-refractivity contribution is 7.13. The number of hydrogen-bond acceptors (Lipinski definition) is 8. The summed E-state index contributed by atoms with van der Waals surface area (Å²) in [5.74, 6) is -1.44. The Morgan fingerprint density at radius 2 is 1.74 bits per heavy atom. The van der Waals surface area contributed by atoms with Gasteiger partial charge >= 0.3 is 5.97 Å². The summed E-state index contributed by atoms with van der Waals surface area (Å²) in [5, 5.41) is 15.3. The van der Waals surface area contributed by atoms with Gasteiger partial charge in [0.15, 0.2) is 5.69 Å². The van der Waals surface area contributed by atoms with E-state index in [1.807, 2.05) is 31.4 Å². The lowest BCUT2D eigenvalue weighted by atomic mass is 9.93. The standard InChI is InChI=1S/C33H32N4O5S.CH3NO/c1-18-13-20(17-34)14-19(2)28(18)36-31(38)24-15-25-27(42-11-7-21-8-12-43-30(21)25)16-23(24)22-5-6-26(35-29(22)33(40)41)32(39)37-9-3-4-10-37;2-1-3/h5-6,8,12-16H,3-4,7,9-11,17,34H2,1-2H3,(H,36,38)(H,40,41);1H,(H2,2,3). The lowest BCUT2D eigenvalue weighted by Crippen LogP contribution is -2.29. The third-order valence-electron chi connectivity index (χ3n) is 8.05. The summed E-state index contributed by atoms with van der Waals surface area (Å²) in [6.45, 7) is 5.89. The maximum absolute atomic E-state index is 14.1. The monoisotopic (exact) mass is 641 g/mol. The molecule has 3 amide bonds. The van der Waals surface area contributed by atoms with Crippen LogP contribution in [0.15, 0.2) is 47.8 Å². The summed E-state index contributed by atoms with van der Waals surface area (Å²) in [5.41, 5.74) is 15.9. The molecule has 1 fully saturated rings. The second kappa shape index (κ2) is 13.9. The van der Waals surface area contributed by atoms with E-state index in [1.165, 1.54) is 6.07 Å². The quantitative estimate of drug-likeness (QED) is 0.217. The van der Waals surface area contributed by atoms with Gasteiger partial charge in [0.2, 0.25) is 6.41 Å². The van der Waals surface area contributed by atoms with Crippen molar-refractivity contribution in [1.82, 2.24) is 9.88 Å². The van der Waals surface area contributed by atoms with Crippen molar-refractivity contribution in [1.29, 1.82) is 0 Å².